The van der Waals surface area contributed by atoms with Gasteiger partial charge in [-0.2, -0.15) is 0 Å². The van der Waals surface area contributed by atoms with E-state index in [0.29, 0.717) is 6.41 Å². The molecule has 4 atom stereocenters. The van der Waals surface area contributed by atoms with E-state index >= 15 is 0 Å². The molecule has 17 heavy (non-hydrogen) atoms. The molecule has 92 valence electrons. The highest BCUT2D eigenvalue weighted by Crippen LogP contribution is 2.35. The number of aliphatic carboxylic acids is 1. The van der Waals surface area contributed by atoms with Crippen LogP contribution in [0.5, 0.6) is 0 Å². The minimum atomic E-state index is -1.43. The van der Waals surface area contributed by atoms with Crippen molar-refractivity contribution in [1.29, 1.82) is 0 Å². The average Bonchev–Trinajstić information content (AvgIpc) is 2.25. The minimum Gasteiger partial charge on any atom is -0.614 e. The number of nitrogens with one attached hydrogen (secondary N) is 1. The zero-order valence-electron chi connectivity index (χ0n) is 8.66. The summed E-state index contributed by atoms with van der Waals surface area (Å²) in [5.74, 6) is -1.71. The molecule has 2 aliphatic rings. The van der Waals surface area contributed by atoms with Crippen LogP contribution in [0.1, 0.15) is 0 Å². The normalized spacial score (nSPS) is 35.9. The first-order chi connectivity index (χ1) is 7.99. The Morgan fingerprint density at radius 2 is 2.35 bits per heavy atom. The average molecular weight is 258 g/mol. The lowest BCUT2D eigenvalue weighted by atomic mass is 9.99. The molecule has 7 nitrogen and oxygen atoms in total. The Labute approximate surface area is 99.6 Å². The molecule has 0 aromatic heterocycles. The van der Waals surface area contributed by atoms with Crippen molar-refractivity contribution in [2.75, 3.05) is 5.75 Å². The van der Waals surface area contributed by atoms with Crippen LogP contribution in [0, 0.1) is 0 Å². The van der Waals surface area contributed by atoms with Gasteiger partial charge in [-0.25, -0.2) is 4.79 Å². The number of carbonyl (C=O) groups is 3. The van der Waals surface area contributed by atoms with E-state index in [1.54, 1.807) is 0 Å². The van der Waals surface area contributed by atoms with Gasteiger partial charge in [0.1, 0.15) is 5.75 Å². The fourth-order valence-electron chi connectivity index (χ4n) is 2.10. The summed E-state index contributed by atoms with van der Waals surface area (Å²) in [4.78, 5) is 34.0. The first-order valence-electron chi connectivity index (χ1n) is 4.78. The first kappa shape index (κ1) is 11.9. The minimum absolute atomic E-state index is 0.0302. The van der Waals surface area contributed by atoms with Gasteiger partial charge in [0.2, 0.25) is 11.8 Å². The number of hydrogen-bond acceptors (Lipinski definition) is 4. The largest absolute Gasteiger partial charge is 0.614 e. The standard InChI is InChI=1S/C9H10N2O5S/c1-4-2-17(16)8-5(10-3-12)7(13)11(8)6(4)9(14)15/h3,5-6,8H,1-2H2,(H,10,12)(H,14,15)/t5?,6-,8-,17+/m1/s1. The van der Waals surface area contributed by atoms with Crippen molar-refractivity contribution in [3.05, 3.63) is 12.2 Å². The van der Waals surface area contributed by atoms with Crippen LogP contribution in [0.15, 0.2) is 12.2 Å². The number of fused-ring (bicyclic) bond motifs is 1. The molecule has 8 heteroatoms. The maximum Gasteiger partial charge on any atom is 0.331 e. The molecule has 2 amide bonds. The molecule has 2 rings (SSSR count). The lowest BCUT2D eigenvalue weighted by Gasteiger charge is -2.51. The van der Waals surface area contributed by atoms with Gasteiger partial charge in [-0.1, -0.05) is 6.58 Å². The molecule has 0 spiro atoms. The van der Waals surface area contributed by atoms with Gasteiger partial charge in [0.05, 0.1) is 0 Å². The highest BCUT2D eigenvalue weighted by atomic mass is 32.2. The molecule has 0 saturated carbocycles. The van der Waals surface area contributed by atoms with Crippen molar-refractivity contribution >= 4 is 29.5 Å². The number of hydrogen-bond donors (Lipinski definition) is 2. The number of nitrogens with zero attached hydrogens (tertiary/aromatic N) is 1. The topological polar surface area (TPSA) is 110 Å². The van der Waals surface area contributed by atoms with Crippen LogP contribution in [-0.2, 0) is 25.6 Å². The van der Waals surface area contributed by atoms with Gasteiger partial charge < -0.3 is 15.0 Å². The van der Waals surface area contributed by atoms with Crippen LogP contribution in [0.3, 0.4) is 0 Å². The maximum atomic E-state index is 11.8. The number of carboxylic acids is 1. The van der Waals surface area contributed by atoms with Crippen molar-refractivity contribution in [1.82, 2.24) is 10.2 Å². The van der Waals surface area contributed by atoms with Crippen molar-refractivity contribution in [2.24, 2.45) is 0 Å². The third-order valence-corrected chi connectivity index (χ3v) is 4.52. The van der Waals surface area contributed by atoms with Crippen molar-refractivity contribution in [2.45, 2.75) is 17.5 Å². The van der Waals surface area contributed by atoms with Gasteiger partial charge in [-0.3, -0.25) is 14.5 Å². The SMILES string of the molecule is C=C1C[S@+]([O-])[C@@H]2C(NC=O)C(=O)N2[C@H]1C(=O)O. The molecule has 2 aliphatic heterocycles. The molecule has 2 heterocycles. The second-order valence-electron chi connectivity index (χ2n) is 3.82. The van der Waals surface area contributed by atoms with Crippen LogP contribution in [0.25, 0.3) is 0 Å². The molecule has 0 aromatic rings. The first-order valence-corrected chi connectivity index (χ1v) is 6.16. The molecule has 0 bridgehead atoms. The molecular formula is C9H10N2O5S. The summed E-state index contributed by atoms with van der Waals surface area (Å²) >= 11 is -1.43. The van der Waals surface area contributed by atoms with Gasteiger partial charge in [-0.05, 0) is 11.2 Å². The van der Waals surface area contributed by atoms with E-state index in [9.17, 15) is 18.9 Å². The van der Waals surface area contributed by atoms with Gasteiger partial charge in [0.15, 0.2) is 12.1 Å². The quantitative estimate of drug-likeness (QED) is 0.264. The summed E-state index contributed by atoms with van der Waals surface area (Å²) in [5.41, 5.74) is 0.241. The molecule has 1 unspecified atom stereocenters. The van der Waals surface area contributed by atoms with Crippen LogP contribution < -0.4 is 5.32 Å². The Morgan fingerprint density at radius 3 is 2.88 bits per heavy atom. The van der Waals surface area contributed by atoms with Crippen LogP contribution in [0.4, 0.5) is 0 Å². The van der Waals surface area contributed by atoms with Gasteiger partial charge in [0.25, 0.3) is 5.91 Å². The summed E-state index contributed by atoms with van der Waals surface area (Å²) in [7, 11) is 0. The van der Waals surface area contributed by atoms with Crippen LogP contribution in [-0.4, -0.2) is 56.1 Å². The highest BCUT2D eigenvalue weighted by molar-refractivity contribution is 7.92. The van der Waals surface area contributed by atoms with Gasteiger partial charge >= 0.3 is 5.97 Å². The number of amides is 2. The highest BCUT2D eigenvalue weighted by Gasteiger charge is 2.62. The molecule has 2 fully saturated rings. The van der Waals surface area contributed by atoms with E-state index in [4.69, 9.17) is 5.11 Å². The lowest BCUT2D eigenvalue weighted by Crippen LogP contribution is -2.78. The summed E-state index contributed by atoms with van der Waals surface area (Å²) in [6.45, 7) is 3.53. The molecular weight excluding hydrogens is 248 g/mol. The van der Waals surface area contributed by atoms with Crippen molar-refractivity contribution < 1.29 is 24.0 Å². The Hall–Kier alpha value is -1.54. The fourth-order valence-corrected chi connectivity index (χ4v) is 3.77. The van der Waals surface area contributed by atoms with E-state index in [1.807, 2.05) is 0 Å². The van der Waals surface area contributed by atoms with E-state index in [-0.39, 0.29) is 11.3 Å². The summed E-state index contributed by atoms with van der Waals surface area (Å²) in [6.07, 6.45) is 0.344. The van der Waals surface area contributed by atoms with Gasteiger partial charge in [0, 0.05) is 5.57 Å². The molecule has 0 aromatic carbocycles. The second kappa shape index (κ2) is 4.04. The Bertz CT molecular complexity index is 412. The second-order valence-corrected chi connectivity index (χ2v) is 5.36. The summed E-state index contributed by atoms with van der Waals surface area (Å²) in [5, 5.41) is 10.5. The van der Waals surface area contributed by atoms with E-state index in [1.165, 1.54) is 0 Å². The Kier molecular flexibility index (Phi) is 2.84. The maximum absolute atomic E-state index is 11.8. The fraction of sp³-hybridized carbons (Fsp3) is 0.444. The molecule has 2 N–H and O–H groups in total. The molecule has 2 saturated heterocycles. The smallest absolute Gasteiger partial charge is 0.331 e. The molecule has 0 aliphatic carbocycles. The van der Waals surface area contributed by atoms with E-state index in [2.05, 4.69) is 11.9 Å². The summed E-state index contributed by atoms with van der Waals surface area (Å²) in [6, 6.07) is -2.03. The number of rotatable bonds is 3. The number of β-lactam (4-membered cyclic amide) rings is 1. The predicted molar refractivity (Wildman–Crippen MR) is 57.2 cm³/mol. The molecule has 0 radical (unpaired) electrons. The predicted octanol–water partition coefficient (Wildman–Crippen LogP) is -1.96. The van der Waals surface area contributed by atoms with Crippen molar-refractivity contribution in [3.63, 3.8) is 0 Å². The number of carboxylic acid groups (broad SMARTS) is 1. The van der Waals surface area contributed by atoms with E-state index in [0.717, 1.165) is 4.90 Å². The zero-order valence-corrected chi connectivity index (χ0v) is 9.48. The summed E-state index contributed by atoms with van der Waals surface area (Å²) < 4.78 is 11.8. The third kappa shape index (κ3) is 1.60. The monoisotopic (exact) mass is 258 g/mol. The van der Waals surface area contributed by atoms with E-state index < -0.39 is 40.5 Å². The Balaban J connectivity index is 2.27. The Morgan fingerprint density at radius 1 is 1.71 bits per heavy atom. The number of carbonyl (C=O) groups excluding carboxylic acids is 2. The van der Waals surface area contributed by atoms with Crippen LogP contribution in [0.2, 0.25) is 0 Å². The van der Waals surface area contributed by atoms with Crippen LogP contribution >= 0.6 is 0 Å². The third-order valence-electron chi connectivity index (χ3n) is 2.82. The van der Waals surface area contributed by atoms with Crippen molar-refractivity contribution in [3.8, 4) is 0 Å². The zero-order chi connectivity index (χ0) is 12.7. The van der Waals surface area contributed by atoms with Gasteiger partial charge in [-0.15, -0.1) is 0 Å². The lowest BCUT2D eigenvalue weighted by molar-refractivity contribution is -0.160.